The van der Waals surface area contributed by atoms with E-state index in [2.05, 4.69) is 9.97 Å². The highest BCUT2D eigenvalue weighted by atomic mass is 32.2. The van der Waals surface area contributed by atoms with Crippen LogP contribution >= 0.6 is 0 Å². The van der Waals surface area contributed by atoms with Crippen LogP contribution in [0.15, 0.2) is 42.7 Å². The number of benzene rings is 1. The Morgan fingerprint density at radius 1 is 0.938 bits per heavy atom. The quantitative estimate of drug-likeness (QED) is 0.812. The summed E-state index contributed by atoms with van der Waals surface area (Å²) in [5.41, 5.74) is 1.89. The summed E-state index contributed by atoms with van der Waals surface area (Å²) in [6, 6.07) is 9.69. The van der Waals surface area contributed by atoms with Crippen LogP contribution in [0.5, 0.6) is 0 Å². The Bertz CT molecular complexity index is 528. The standard InChI is InChI=1S/C11H10N2O2S/c14-16(15)8-11-12-6-10(7-13-11)9-4-2-1-3-5-9/h1-7,16H,8H2. The van der Waals surface area contributed by atoms with Crippen LogP contribution in [0.3, 0.4) is 0 Å². The van der Waals surface area contributed by atoms with Crippen molar-refractivity contribution in [2.45, 2.75) is 5.75 Å². The number of nitrogens with zero attached hydrogens (tertiary/aromatic N) is 2. The second-order valence-corrected chi connectivity index (χ2v) is 4.23. The van der Waals surface area contributed by atoms with Crippen molar-refractivity contribution < 1.29 is 8.42 Å². The van der Waals surface area contributed by atoms with Crippen LogP contribution in [0, 0.1) is 0 Å². The van der Waals surface area contributed by atoms with E-state index in [1.807, 2.05) is 30.3 Å². The molecule has 0 radical (unpaired) electrons. The van der Waals surface area contributed by atoms with E-state index in [-0.39, 0.29) is 5.75 Å². The fourth-order valence-electron chi connectivity index (χ4n) is 1.33. The van der Waals surface area contributed by atoms with Crippen LogP contribution in [0.2, 0.25) is 0 Å². The second-order valence-electron chi connectivity index (χ2n) is 3.24. The molecule has 1 heterocycles. The van der Waals surface area contributed by atoms with E-state index in [0.717, 1.165) is 11.1 Å². The predicted molar refractivity (Wildman–Crippen MR) is 61.5 cm³/mol. The van der Waals surface area contributed by atoms with Crippen molar-refractivity contribution in [2.24, 2.45) is 0 Å². The maximum atomic E-state index is 10.5. The van der Waals surface area contributed by atoms with E-state index >= 15 is 0 Å². The topological polar surface area (TPSA) is 59.9 Å². The van der Waals surface area contributed by atoms with E-state index in [0.29, 0.717) is 5.82 Å². The summed E-state index contributed by atoms with van der Waals surface area (Å²) in [5.74, 6) is 0.223. The molecule has 4 nitrogen and oxygen atoms in total. The third-order valence-electron chi connectivity index (χ3n) is 2.08. The molecule has 0 saturated carbocycles. The zero-order valence-corrected chi connectivity index (χ0v) is 9.30. The largest absolute Gasteiger partial charge is 0.240 e. The first-order valence-electron chi connectivity index (χ1n) is 4.74. The number of hydrogen-bond acceptors (Lipinski definition) is 4. The average molecular weight is 234 g/mol. The summed E-state index contributed by atoms with van der Waals surface area (Å²) >= 11 is 0. The van der Waals surface area contributed by atoms with Gasteiger partial charge >= 0.3 is 0 Å². The second kappa shape index (κ2) is 4.85. The number of hydrogen-bond donors (Lipinski definition) is 1. The van der Waals surface area contributed by atoms with E-state index < -0.39 is 10.7 Å². The Morgan fingerprint density at radius 2 is 1.56 bits per heavy atom. The van der Waals surface area contributed by atoms with E-state index in [4.69, 9.17) is 0 Å². The van der Waals surface area contributed by atoms with Crippen LogP contribution in [0.1, 0.15) is 5.82 Å². The summed E-state index contributed by atoms with van der Waals surface area (Å²) in [4.78, 5) is 8.00. The Labute approximate surface area is 95.0 Å². The third-order valence-corrected chi connectivity index (χ3v) is 2.62. The smallest absolute Gasteiger partial charge is 0.147 e. The molecule has 0 unspecified atom stereocenters. The highest BCUT2D eigenvalue weighted by Crippen LogP contribution is 2.16. The van der Waals surface area contributed by atoms with Gasteiger partial charge in [0.15, 0.2) is 0 Å². The van der Waals surface area contributed by atoms with Crippen LogP contribution in [-0.4, -0.2) is 18.4 Å². The Kier molecular flexibility index (Phi) is 3.26. The van der Waals surface area contributed by atoms with Gasteiger partial charge < -0.3 is 0 Å². The molecule has 0 bridgehead atoms. The minimum atomic E-state index is -2.47. The van der Waals surface area contributed by atoms with Gasteiger partial charge in [-0.05, 0) is 5.56 Å². The van der Waals surface area contributed by atoms with Crippen molar-refractivity contribution >= 4 is 10.7 Å². The van der Waals surface area contributed by atoms with Gasteiger partial charge in [0.2, 0.25) is 0 Å². The first-order valence-corrected chi connectivity index (χ1v) is 6.10. The van der Waals surface area contributed by atoms with Crippen molar-refractivity contribution in [3.05, 3.63) is 48.5 Å². The first-order chi connectivity index (χ1) is 7.75. The highest BCUT2D eigenvalue weighted by Gasteiger charge is 2.00. The molecule has 0 fully saturated rings. The van der Waals surface area contributed by atoms with Crippen molar-refractivity contribution in [3.63, 3.8) is 0 Å². The molecule has 2 rings (SSSR count). The molecule has 1 aromatic carbocycles. The molecule has 0 aliphatic rings. The molecular weight excluding hydrogens is 224 g/mol. The number of rotatable bonds is 3. The van der Waals surface area contributed by atoms with Crippen LogP contribution in [0.4, 0.5) is 0 Å². The van der Waals surface area contributed by atoms with E-state index in [1.54, 1.807) is 12.4 Å². The van der Waals surface area contributed by atoms with Crippen LogP contribution in [-0.2, 0) is 16.5 Å². The summed E-state index contributed by atoms with van der Waals surface area (Å²) in [7, 11) is -2.47. The van der Waals surface area contributed by atoms with E-state index in [9.17, 15) is 8.42 Å². The monoisotopic (exact) mass is 234 g/mol. The molecule has 0 atom stereocenters. The molecule has 82 valence electrons. The van der Waals surface area contributed by atoms with Crippen molar-refractivity contribution in [3.8, 4) is 11.1 Å². The lowest BCUT2D eigenvalue weighted by atomic mass is 10.1. The van der Waals surface area contributed by atoms with Crippen molar-refractivity contribution in [2.75, 3.05) is 0 Å². The molecule has 16 heavy (non-hydrogen) atoms. The number of aromatic nitrogens is 2. The molecule has 0 N–H and O–H groups in total. The molecule has 0 aliphatic heterocycles. The van der Waals surface area contributed by atoms with Gasteiger partial charge in [0.1, 0.15) is 22.3 Å². The Hall–Kier alpha value is -1.75. The Morgan fingerprint density at radius 3 is 2.12 bits per heavy atom. The summed E-state index contributed by atoms with van der Waals surface area (Å²) in [5, 5.41) is 0. The third kappa shape index (κ3) is 2.64. The van der Waals surface area contributed by atoms with Gasteiger partial charge in [0.25, 0.3) is 0 Å². The number of thiol groups is 1. The molecule has 0 aliphatic carbocycles. The predicted octanol–water partition coefficient (Wildman–Crippen LogP) is 1.25. The zero-order chi connectivity index (χ0) is 11.4. The van der Waals surface area contributed by atoms with Gasteiger partial charge in [-0.15, -0.1) is 0 Å². The molecule has 0 saturated heterocycles. The molecule has 0 spiro atoms. The van der Waals surface area contributed by atoms with Gasteiger partial charge in [0.05, 0.1) is 0 Å². The molecule has 5 heteroatoms. The summed E-state index contributed by atoms with van der Waals surface area (Å²) < 4.78 is 21.0. The lowest BCUT2D eigenvalue weighted by Crippen LogP contribution is -1.95. The fraction of sp³-hybridized carbons (Fsp3) is 0.0909. The van der Waals surface area contributed by atoms with Crippen LogP contribution in [0.25, 0.3) is 11.1 Å². The van der Waals surface area contributed by atoms with Gasteiger partial charge in [-0.2, -0.15) is 0 Å². The summed E-state index contributed by atoms with van der Waals surface area (Å²) in [6.07, 6.45) is 3.27. The van der Waals surface area contributed by atoms with Gasteiger partial charge in [-0.3, -0.25) is 0 Å². The fourth-order valence-corrected chi connectivity index (χ4v) is 1.73. The molecular formula is C11H10N2O2S. The molecule has 0 amide bonds. The summed E-state index contributed by atoms with van der Waals surface area (Å²) in [6.45, 7) is 0. The normalized spacial score (nSPS) is 10.6. The average Bonchev–Trinajstić information content (AvgIpc) is 2.30. The van der Waals surface area contributed by atoms with Crippen molar-refractivity contribution in [1.29, 1.82) is 0 Å². The first kappa shape index (κ1) is 10.8. The maximum Gasteiger partial charge on any atom is 0.147 e. The van der Waals surface area contributed by atoms with Gasteiger partial charge in [0, 0.05) is 18.0 Å². The van der Waals surface area contributed by atoms with E-state index in [1.165, 1.54) is 0 Å². The van der Waals surface area contributed by atoms with Gasteiger partial charge in [-0.1, -0.05) is 30.3 Å². The maximum absolute atomic E-state index is 10.5. The van der Waals surface area contributed by atoms with Crippen LogP contribution < -0.4 is 0 Å². The molecule has 1 aromatic heterocycles. The Balaban J connectivity index is 2.26. The van der Waals surface area contributed by atoms with Crippen molar-refractivity contribution in [1.82, 2.24) is 9.97 Å². The lowest BCUT2D eigenvalue weighted by molar-refractivity contribution is 0.612. The highest BCUT2D eigenvalue weighted by molar-refractivity contribution is 7.71. The minimum Gasteiger partial charge on any atom is -0.240 e. The molecule has 2 aromatic rings. The minimum absolute atomic E-state index is 0.107. The lowest BCUT2D eigenvalue weighted by Gasteiger charge is -2.00. The van der Waals surface area contributed by atoms with Gasteiger partial charge in [-0.25, -0.2) is 18.4 Å². The SMILES string of the molecule is O=[SH](=O)Cc1ncc(-c2ccccc2)cn1. The zero-order valence-electron chi connectivity index (χ0n) is 8.41.